The second-order valence-corrected chi connectivity index (χ2v) is 16.8. The van der Waals surface area contributed by atoms with Gasteiger partial charge in [0.25, 0.3) is 0 Å². The van der Waals surface area contributed by atoms with E-state index in [-0.39, 0.29) is 23.6 Å². The van der Waals surface area contributed by atoms with Crippen molar-refractivity contribution in [2.75, 3.05) is 6.16 Å². The van der Waals surface area contributed by atoms with E-state index in [1.165, 1.54) is 11.1 Å². The van der Waals surface area contributed by atoms with Crippen molar-refractivity contribution in [3.63, 3.8) is 0 Å². The summed E-state index contributed by atoms with van der Waals surface area (Å²) >= 11 is 0. The van der Waals surface area contributed by atoms with Crippen LogP contribution in [-0.4, -0.2) is 36.4 Å². The number of hydrogen-bond donors (Lipinski definition) is 0. The molecule has 1 aliphatic carbocycles. The molecule has 0 spiro atoms. The fraction of sp³-hybridized carbons (Fsp3) is 0.556. The van der Waals surface area contributed by atoms with E-state index < -0.39 is 5.16 Å². The monoisotopic (exact) mass is 482 g/mol. The van der Waals surface area contributed by atoms with Gasteiger partial charge < -0.3 is 0 Å². The van der Waals surface area contributed by atoms with E-state index in [0.29, 0.717) is 5.92 Å². The zero-order chi connectivity index (χ0) is 24.7. The van der Waals surface area contributed by atoms with Gasteiger partial charge in [-0.1, -0.05) is 82.4 Å². The van der Waals surface area contributed by atoms with Crippen LogP contribution in [0.5, 0.6) is 0 Å². The van der Waals surface area contributed by atoms with Gasteiger partial charge in [-0.25, -0.2) is 0 Å². The third kappa shape index (κ3) is 5.60. The number of nitrogens with zero attached hydrogens (tertiary/aromatic N) is 4. The zero-order valence-electron chi connectivity index (χ0n) is 21.7. The molecule has 2 heterocycles. The van der Waals surface area contributed by atoms with E-state index >= 15 is 0 Å². The van der Waals surface area contributed by atoms with Crippen molar-refractivity contribution in [2.24, 2.45) is 11.3 Å². The topological polar surface area (TPSA) is 51.6 Å². The Morgan fingerprint density at radius 1 is 0.788 bits per heavy atom. The van der Waals surface area contributed by atoms with Gasteiger partial charge in [0.15, 0.2) is 0 Å². The van der Waals surface area contributed by atoms with Gasteiger partial charge in [-0.2, -0.15) is 0 Å². The highest BCUT2D eigenvalue weighted by Gasteiger charge is 2.45. The Morgan fingerprint density at radius 2 is 1.27 bits per heavy atom. The third-order valence-corrected chi connectivity index (χ3v) is 11.3. The quantitative estimate of drug-likeness (QED) is 0.431. The predicted octanol–water partition coefficient (Wildman–Crippen LogP) is 6.99. The Labute approximate surface area is 204 Å². The minimum absolute atomic E-state index is 0.0581. The molecule has 6 heteroatoms. The molecule has 0 aromatic carbocycles. The first-order chi connectivity index (χ1) is 15.1. The van der Waals surface area contributed by atoms with Crippen molar-refractivity contribution in [2.45, 2.75) is 77.8 Å². The Morgan fingerprint density at radius 3 is 1.64 bits per heavy atom. The van der Waals surface area contributed by atoms with Gasteiger partial charge in [0.1, 0.15) is 0 Å². The van der Waals surface area contributed by atoms with Crippen molar-refractivity contribution >= 4 is 17.2 Å². The molecule has 0 saturated heterocycles. The highest BCUT2D eigenvalue weighted by Crippen LogP contribution is 2.63. The van der Waals surface area contributed by atoms with Crippen LogP contribution >= 0.6 is 17.2 Å². The van der Waals surface area contributed by atoms with Crippen LogP contribution in [0.4, 0.5) is 0 Å². The lowest BCUT2D eigenvalue weighted by atomic mass is 9.84. The van der Waals surface area contributed by atoms with E-state index in [1.807, 2.05) is 12.4 Å². The first-order valence-corrected chi connectivity index (χ1v) is 13.8. The molecule has 2 aromatic heterocycles. The molecule has 3 rings (SSSR count). The minimum atomic E-state index is -0.590. The maximum Gasteiger partial charge on any atom is 0.0933 e. The van der Waals surface area contributed by atoms with Crippen molar-refractivity contribution in [3.05, 3.63) is 71.9 Å². The summed E-state index contributed by atoms with van der Waals surface area (Å²) in [6.45, 7) is 21.3. The highest BCUT2D eigenvalue weighted by molar-refractivity contribution is 7.60. The molecule has 178 valence electrons. The predicted molar refractivity (Wildman–Crippen MR) is 145 cm³/mol. The molecule has 2 unspecified atom stereocenters. The summed E-state index contributed by atoms with van der Waals surface area (Å²) < 4.78 is 0. The first-order valence-electron chi connectivity index (χ1n) is 11.7. The lowest BCUT2D eigenvalue weighted by Gasteiger charge is -2.44. The third-order valence-electron chi connectivity index (χ3n) is 6.35. The standard InChI is InChI=1S/C27H40N4P2/c1-24(2,3)20-14-19(18-33(25(4,5)6)26(7,8)9)21(15-20)27(32,22-16-28-10-12-30-22)23-17-29-11-13-31-23/h10-17,19H,18,32H2,1-9H3. The summed E-state index contributed by atoms with van der Waals surface area (Å²) in [5.41, 5.74) is 4.51. The van der Waals surface area contributed by atoms with Crippen LogP contribution in [0.15, 0.2) is 60.5 Å². The Bertz CT molecular complexity index is 957. The second kappa shape index (κ2) is 9.27. The maximum absolute atomic E-state index is 4.76. The smallest absolute Gasteiger partial charge is 0.0933 e. The molecule has 2 aromatic rings. The number of rotatable bonds is 5. The SMILES string of the molecule is CC(C)(C)C1=CC(CP(C(C)(C)C)C(C)(C)C)C(C(P)(c2cnccn2)c2cnccn2)=C1. The van der Waals surface area contributed by atoms with Crippen LogP contribution in [0.1, 0.15) is 73.7 Å². The van der Waals surface area contributed by atoms with Crippen LogP contribution < -0.4 is 0 Å². The summed E-state index contributed by atoms with van der Waals surface area (Å²) in [5, 5.41) is -0.0905. The number of hydrogen-bond acceptors (Lipinski definition) is 4. The average molecular weight is 483 g/mol. The lowest BCUT2D eigenvalue weighted by molar-refractivity contribution is 0.516. The van der Waals surface area contributed by atoms with Gasteiger partial charge in [0, 0.05) is 30.7 Å². The molecule has 1 aliphatic rings. The largest absolute Gasteiger partial charge is 0.261 e. The molecule has 4 nitrogen and oxygen atoms in total. The van der Waals surface area contributed by atoms with Gasteiger partial charge in [-0.05, 0) is 33.0 Å². The Balaban J connectivity index is 2.21. The van der Waals surface area contributed by atoms with Crippen LogP contribution in [0.3, 0.4) is 0 Å². The van der Waals surface area contributed by atoms with Crippen LogP contribution in [0.2, 0.25) is 0 Å². The van der Waals surface area contributed by atoms with Crippen LogP contribution in [-0.2, 0) is 5.16 Å². The van der Waals surface area contributed by atoms with Gasteiger partial charge >= 0.3 is 0 Å². The molecule has 0 amide bonds. The van der Waals surface area contributed by atoms with Crippen molar-refractivity contribution in [3.8, 4) is 0 Å². The molecule has 33 heavy (non-hydrogen) atoms. The number of aromatic nitrogens is 4. The van der Waals surface area contributed by atoms with E-state index in [1.54, 1.807) is 24.8 Å². The molecular weight excluding hydrogens is 442 g/mol. The maximum atomic E-state index is 4.76. The summed E-state index contributed by atoms with van der Waals surface area (Å²) in [7, 11) is 2.81. The summed E-state index contributed by atoms with van der Waals surface area (Å²) in [6.07, 6.45) is 16.8. The van der Waals surface area contributed by atoms with Gasteiger partial charge in [0.2, 0.25) is 0 Å². The highest BCUT2D eigenvalue weighted by atomic mass is 31.1. The molecule has 2 atom stereocenters. The van der Waals surface area contributed by atoms with Crippen LogP contribution in [0, 0.1) is 11.3 Å². The fourth-order valence-electron chi connectivity index (χ4n) is 4.84. The summed E-state index contributed by atoms with van der Waals surface area (Å²) in [4.78, 5) is 18.4. The molecule has 0 saturated carbocycles. The zero-order valence-corrected chi connectivity index (χ0v) is 23.8. The van der Waals surface area contributed by atoms with E-state index in [0.717, 1.165) is 17.5 Å². The molecular formula is C27H40N4P2. The van der Waals surface area contributed by atoms with E-state index in [2.05, 4.69) is 93.7 Å². The molecule has 0 radical (unpaired) electrons. The van der Waals surface area contributed by atoms with Gasteiger partial charge in [0.05, 0.1) is 28.9 Å². The second-order valence-electron chi connectivity index (χ2n) is 12.0. The van der Waals surface area contributed by atoms with Gasteiger partial charge in [-0.3, -0.25) is 19.9 Å². The van der Waals surface area contributed by atoms with Gasteiger partial charge in [-0.15, -0.1) is 9.24 Å². The lowest BCUT2D eigenvalue weighted by Crippen LogP contribution is -2.33. The molecule has 0 fully saturated rings. The molecule has 0 bridgehead atoms. The summed E-state index contributed by atoms with van der Waals surface area (Å²) in [6, 6.07) is 0. The number of allylic oxidation sites excluding steroid dienone is 4. The Hall–Kier alpha value is -1.50. The van der Waals surface area contributed by atoms with Crippen molar-refractivity contribution in [1.82, 2.24) is 19.9 Å². The summed E-state index contributed by atoms with van der Waals surface area (Å²) in [5.74, 6) is 0.297. The van der Waals surface area contributed by atoms with Crippen molar-refractivity contribution < 1.29 is 0 Å². The van der Waals surface area contributed by atoms with E-state index in [4.69, 9.17) is 9.97 Å². The van der Waals surface area contributed by atoms with E-state index in [9.17, 15) is 0 Å². The molecule has 0 aliphatic heterocycles. The normalized spacial score (nSPS) is 17.8. The average Bonchev–Trinajstić information content (AvgIpc) is 3.16. The van der Waals surface area contributed by atoms with Crippen LogP contribution in [0.25, 0.3) is 0 Å². The molecule has 0 N–H and O–H groups in total. The minimum Gasteiger partial charge on any atom is -0.261 e. The first kappa shape index (κ1) is 26.1. The Kier molecular flexibility index (Phi) is 7.34. The van der Waals surface area contributed by atoms with Crippen molar-refractivity contribution in [1.29, 1.82) is 0 Å². The fourth-order valence-corrected chi connectivity index (χ4v) is 9.24.